The van der Waals surface area contributed by atoms with Gasteiger partial charge in [0.15, 0.2) is 5.78 Å². The molecule has 0 saturated carbocycles. The van der Waals surface area contributed by atoms with Crippen molar-refractivity contribution >= 4 is 23.0 Å². The molecule has 2 bridgehead atoms. The standard InChI is InChI=1S/C25H24ClFO3/c1-4-13-5-6-14(16-8-7-15(26)12-18(16)27)11-17(13)19-22(28)20-21(23(19)29)25(3)10-9-24(20,2)30-25/h5-8,11-12,20-21,28H,4,9-10H2,1-3H3/t20-,21+,24-,25?/m1/s1. The van der Waals surface area contributed by atoms with Crippen LogP contribution < -0.4 is 0 Å². The van der Waals surface area contributed by atoms with Crippen LogP contribution in [0.2, 0.25) is 5.02 Å². The van der Waals surface area contributed by atoms with Gasteiger partial charge < -0.3 is 9.84 Å². The van der Waals surface area contributed by atoms with Gasteiger partial charge in [-0.05, 0) is 74.1 Å². The fraction of sp³-hybridized carbons (Fsp3) is 0.400. The zero-order chi connectivity index (χ0) is 21.4. The Kier molecular flexibility index (Phi) is 4.23. The Hall–Kier alpha value is -2.17. The first-order chi connectivity index (χ1) is 14.2. The molecule has 1 unspecified atom stereocenters. The van der Waals surface area contributed by atoms with E-state index in [4.69, 9.17) is 16.3 Å². The highest BCUT2D eigenvalue weighted by molar-refractivity contribution is 6.30. The molecule has 2 aromatic rings. The number of ether oxygens (including phenoxy) is 1. The average molecular weight is 427 g/mol. The molecule has 5 rings (SSSR count). The SMILES string of the molecule is CCc1ccc(-c2ccc(Cl)cc2F)cc1C1=C(O)[C@H]2[C@@H](C1=O)C1(C)CC[C@@]2(C)O1. The fourth-order valence-electron chi connectivity index (χ4n) is 5.87. The van der Waals surface area contributed by atoms with Crippen LogP contribution in [-0.2, 0) is 16.0 Å². The molecule has 2 aromatic carbocycles. The van der Waals surface area contributed by atoms with Gasteiger partial charge >= 0.3 is 0 Å². The number of hydrogen-bond donors (Lipinski definition) is 1. The molecule has 2 saturated heterocycles. The number of rotatable bonds is 3. The first-order valence-electron chi connectivity index (χ1n) is 10.4. The molecule has 2 heterocycles. The van der Waals surface area contributed by atoms with Gasteiger partial charge in [-0.1, -0.05) is 30.7 Å². The quantitative estimate of drug-likeness (QED) is 0.641. The van der Waals surface area contributed by atoms with Gasteiger partial charge in [0.2, 0.25) is 0 Å². The van der Waals surface area contributed by atoms with Gasteiger partial charge in [0, 0.05) is 10.6 Å². The van der Waals surface area contributed by atoms with Crippen molar-refractivity contribution in [2.75, 3.05) is 0 Å². The Balaban J connectivity index is 1.67. The third-order valence-corrected chi connectivity index (χ3v) is 7.55. The summed E-state index contributed by atoms with van der Waals surface area (Å²) in [4.78, 5) is 13.6. The molecule has 30 heavy (non-hydrogen) atoms. The molecule has 3 aliphatic rings. The van der Waals surface area contributed by atoms with Crippen LogP contribution >= 0.6 is 11.6 Å². The molecule has 2 aliphatic heterocycles. The van der Waals surface area contributed by atoms with E-state index in [9.17, 15) is 14.3 Å². The summed E-state index contributed by atoms with van der Waals surface area (Å²) in [5, 5.41) is 11.6. The minimum Gasteiger partial charge on any atom is -0.511 e. The largest absolute Gasteiger partial charge is 0.511 e. The Morgan fingerprint density at radius 1 is 1.10 bits per heavy atom. The maximum Gasteiger partial charge on any atom is 0.173 e. The van der Waals surface area contributed by atoms with Crippen molar-refractivity contribution in [2.45, 2.75) is 51.2 Å². The van der Waals surface area contributed by atoms with Crippen LogP contribution in [0.4, 0.5) is 4.39 Å². The van der Waals surface area contributed by atoms with Gasteiger partial charge in [0.25, 0.3) is 0 Å². The molecule has 0 spiro atoms. The van der Waals surface area contributed by atoms with Crippen LogP contribution in [-0.4, -0.2) is 22.1 Å². The number of allylic oxidation sites excluding steroid dienone is 1. The molecule has 3 nitrogen and oxygen atoms in total. The first-order valence-corrected chi connectivity index (χ1v) is 10.8. The smallest absolute Gasteiger partial charge is 0.173 e. The summed E-state index contributed by atoms with van der Waals surface area (Å²) in [7, 11) is 0. The first kappa shape index (κ1) is 19.8. The van der Waals surface area contributed by atoms with E-state index in [2.05, 4.69) is 0 Å². The van der Waals surface area contributed by atoms with Gasteiger partial charge in [0.1, 0.15) is 11.6 Å². The highest BCUT2D eigenvalue weighted by Gasteiger charge is 2.69. The van der Waals surface area contributed by atoms with Crippen LogP contribution in [0.15, 0.2) is 42.2 Å². The summed E-state index contributed by atoms with van der Waals surface area (Å²) in [6.45, 7) is 5.99. The molecule has 4 atom stereocenters. The Bertz CT molecular complexity index is 1120. The Labute approximate surface area is 180 Å². The van der Waals surface area contributed by atoms with Crippen molar-refractivity contribution in [3.05, 3.63) is 64.1 Å². The summed E-state index contributed by atoms with van der Waals surface area (Å²) in [6.07, 6.45) is 2.34. The highest BCUT2D eigenvalue weighted by Crippen LogP contribution is 2.63. The third kappa shape index (κ3) is 2.56. The predicted octanol–water partition coefficient (Wildman–Crippen LogP) is 6.13. The van der Waals surface area contributed by atoms with Gasteiger partial charge in [-0.3, -0.25) is 4.79 Å². The topological polar surface area (TPSA) is 46.5 Å². The molecular formula is C25H24ClFO3. The van der Waals surface area contributed by atoms with Gasteiger partial charge in [-0.15, -0.1) is 0 Å². The number of hydrogen-bond acceptors (Lipinski definition) is 3. The van der Waals surface area contributed by atoms with Gasteiger partial charge in [-0.2, -0.15) is 0 Å². The van der Waals surface area contributed by atoms with E-state index in [0.29, 0.717) is 33.7 Å². The van der Waals surface area contributed by atoms with Crippen molar-refractivity contribution in [3.63, 3.8) is 0 Å². The Morgan fingerprint density at radius 3 is 2.43 bits per heavy atom. The van der Waals surface area contributed by atoms with E-state index in [0.717, 1.165) is 18.4 Å². The maximum atomic E-state index is 14.6. The Morgan fingerprint density at radius 2 is 1.80 bits per heavy atom. The average Bonchev–Trinajstić information content (AvgIpc) is 3.25. The lowest BCUT2D eigenvalue weighted by Gasteiger charge is -2.30. The molecule has 156 valence electrons. The van der Waals surface area contributed by atoms with E-state index >= 15 is 0 Å². The van der Waals surface area contributed by atoms with Gasteiger partial charge in [-0.25, -0.2) is 4.39 Å². The lowest BCUT2D eigenvalue weighted by Crippen LogP contribution is -2.39. The third-order valence-electron chi connectivity index (χ3n) is 7.32. The fourth-order valence-corrected chi connectivity index (χ4v) is 6.03. The summed E-state index contributed by atoms with van der Waals surface area (Å²) < 4.78 is 20.8. The number of Topliss-reactive ketones (excluding diaryl/α,β-unsaturated/α-hetero) is 1. The van der Waals surface area contributed by atoms with Crippen LogP contribution in [0.5, 0.6) is 0 Å². The number of aliphatic hydroxyl groups excluding tert-OH is 1. The van der Waals surface area contributed by atoms with Crippen molar-refractivity contribution in [2.24, 2.45) is 11.8 Å². The molecule has 0 aromatic heterocycles. The van der Waals surface area contributed by atoms with Gasteiger partial charge in [0.05, 0.1) is 28.6 Å². The second-order valence-electron chi connectivity index (χ2n) is 9.16. The number of fused-ring (bicyclic) bond motifs is 5. The maximum absolute atomic E-state index is 14.6. The molecule has 0 amide bonds. The van der Waals surface area contributed by atoms with Crippen molar-refractivity contribution in [3.8, 4) is 11.1 Å². The number of aryl methyl sites for hydroxylation is 1. The van der Waals surface area contributed by atoms with Crippen LogP contribution in [0, 0.1) is 17.7 Å². The summed E-state index contributed by atoms with van der Waals surface area (Å²) in [5.41, 5.74) is 2.01. The van der Waals surface area contributed by atoms with E-state index in [1.54, 1.807) is 12.1 Å². The summed E-state index contributed by atoms with van der Waals surface area (Å²) in [6, 6.07) is 10.1. The van der Waals surface area contributed by atoms with E-state index in [-0.39, 0.29) is 23.4 Å². The number of ketones is 1. The number of carbonyl (C=O) groups is 1. The number of benzene rings is 2. The highest BCUT2D eigenvalue weighted by atomic mass is 35.5. The molecule has 1 aliphatic carbocycles. The minimum atomic E-state index is -0.543. The minimum absolute atomic E-state index is 0.0631. The number of carbonyl (C=O) groups excluding carboxylic acids is 1. The van der Waals surface area contributed by atoms with Crippen LogP contribution in [0.25, 0.3) is 16.7 Å². The second kappa shape index (κ2) is 6.41. The zero-order valence-corrected chi connectivity index (χ0v) is 18.0. The van der Waals surface area contributed by atoms with E-state index < -0.39 is 17.0 Å². The van der Waals surface area contributed by atoms with Crippen molar-refractivity contribution < 1.29 is 19.0 Å². The molecule has 2 fully saturated rings. The zero-order valence-electron chi connectivity index (χ0n) is 17.3. The summed E-state index contributed by atoms with van der Waals surface area (Å²) in [5.74, 6) is -1.05. The van der Waals surface area contributed by atoms with Crippen molar-refractivity contribution in [1.29, 1.82) is 0 Å². The van der Waals surface area contributed by atoms with Crippen LogP contribution in [0.1, 0.15) is 44.7 Å². The molecule has 5 heteroatoms. The molecule has 1 N–H and O–H groups in total. The lowest BCUT2D eigenvalue weighted by atomic mass is 9.68. The van der Waals surface area contributed by atoms with Crippen LogP contribution in [0.3, 0.4) is 0 Å². The monoisotopic (exact) mass is 426 g/mol. The van der Waals surface area contributed by atoms with E-state index in [1.165, 1.54) is 6.07 Å². The molecular weight excluding hydrogens is 403 g/mol. The summed E-state index contributed by atoms with van der Waals surface area (Å²) >= 11 is 5.90. The second-order valence-corrected chi connectivity index (χ2v) is 9.59. The lowest BCUT2D eigenvalue weighted by molar-refractivity contribution is -0.121. The normalized spacial score (nSPS) is 32.2. The number of halogens is 2. The van der Waals surface area contributed by atoms with Crippen molar-refractivity contribution in [1.82, 2.24) is 0 Å². The molecule has 0 radical (unpaired) electrons. The number of aliphatic hydroxyl groups is 1. The predicted molar refractivity (Wildman–Crippen MR) is 115 cm³/mol. The van der Waals surface area contributed by atoms with E-state index in [1.807, 2.05) is 39.0 Å².